The highest BCUT2D eigenvalue weighted by molar-refractivity contribution is 7.89. The van der Waals surface area contributed by atoms with Gasteiger partial charge in [-0.05, 0) is 74.7 Å². The van der Waals surface area contributed by atoms with E-state index in [2.05, 4.69) is 0 Å². The molecule has 3 aromatic carbocycles. The molecule has 1 aliphatic rings. The molecule has 0 radical (unpaired) electrons. The summed E-state index contributed by atoms with van der Waals surface area (Å²) in [6.07, 6.45) is -1.26. The molecule has 1 aliphatic heterocycles. The lowest BCUT2D eigenvalue weighted by Crippen LogP contribution is -2.47. The molecule has 1 saturated heterocycles. The molecule has 13 heteroatoms. The summed E-state index contributed by atoms with van der Waals surface area (Å²) >= 11 is 0. The van der Waals surface area contributed by atoms with Gasteiger partial charge < -0.3 is 5.11 Å². The fourth-order valence-corrected chi connectivity index (χ4v) is 8.35. The minimum Gasteiger partial charge on any atom is -0.390 e. The molecule has 0 aromatic heterocycles. The first kappa shape index (κ1) is 30.3. The van der Waals surface area contributed by atoms with Gasteiger partial charge in [0.1, 0.15) is 0 Å². The van der Waals surface area contributed by atoms with Gasteiger partial charge in [-0.3, -0.25) is 4.55 Å². The molecule has 2 atom stereocenters. The Morgan fingerprint density at radius 2 is 1.30 bits per heavy atom. The molecule has 3 aromatic rings. The lowest BCUT2D eigenvalue weighted by atomic mass is 10.1. The van der Waals surface area contributed by atoms with E-state index in [9.17, 15) is 34.9 Å². The van der Waals surface area contributed by atoms with Crippen LogP contribution in [0.1, 0.15) is 22.3 Å². The first-order valence-corrected chi connectivity index (χ1v) is 16.8. The van der Waals surface area contributed by atoms with Gasteiger partial charge in [0.05, 0.1) is 26.8 Å². The van der Waals surface area contributed by atoms with Crippen LogP contribution in [0.4, 0.5) is 0 Å². The van der Waals surface area contributed by atoms with E-state index in [1.165, 1.54) is 42.5 Å². The number of aryl methyl sites for hydroxylation is 3. The zero-order valence-electron chi connectivity index (χ0n) is 22.3. The quantitative estimate of drug-likeness (QED) is 0.352. The second-order valence-electron chi connectivity index (χ2n) is 10.0. The van der Waals surface area contributed by atoms with Crippen LogP contribution in [0.3, 0.4) is 0 Å². The van der Waals surface area contributed by atoms with Gasteiger partial charge in [0.25, 0.3) is 10.1 Å². The van der Waals surface area contributed by atoms with Crippen molar-refractivity contribution in [2.75, 3.05) is 19.6 Å². The standard InChI is InChI=1S/C27H32N2O8S3/c1-19-4-9-23(10-5-19)38(31,32)28-17-26(27(30)18-28)29(39(33,34)24-11-6-20(2)7-12-24)15-14-22-16-25(40(35,36)37)13-8-21(22)3/h4-13,16,26-27,30H,14-15,17-18H2,1-3H3,(H,35,36,37)/t26-,27-/m0/s1. The Morgan fingerprint density at radius 3 is 1.85 bits per heavy atom. The van der Waals surface area contributed by atoms with Crippen LogP contribution in [0, 0.1) is 20.8 Å². The molecule has 0 aliphatic carbocycles. The van der Waals surface area contributed by atoms with Crippen LogP contribution < -0.4 is 0 Å². The lowest BCUT2D eigenvalue weighted by molar-refractivity contribution is 0.126. The third-order valence-corrected chi connectivity index (χ3v) is 11.7. The summed E-state index contributed by atoms with van der Waals surface area (Å²) in [7, 11) is -12.7. The summed E-state index contributed by atoms with van der Waals surface area (Å²) < 4.78 is 89.4. The van der Waals surface area contributed by atoms with E-state index in [-0.39, 0.29) is 40.7 Å². The van der Waals surface area contributed by atoms with E-state index in [4.69, 9.17) is 0 Å². The molecule has 0 saturated carbocycles. The van der Waals surface area contributed by atoms with Crippen molar-refractivity contribution in [3.8, 4) is 0 Å². The molecule has 4 rings (SSSR count). The van der Waals surface area contributed by atoms with Crippen LogP contribution in [-0.2, 0) is 36.6 Å². The van der Waals surface area contributed by atoms with E-state index in [1.807, 2.05) is 13.8 Å². The van der Waals surface area contributed by atoms with E-state index in [0.29, 0.717) is 11.1 Å². The number of aliphatic hydroxyl groups excluding tert-OH is 1. The molecule has 2 N–H and O–H groups in total. The number of nitrogens with zero attached hydrogens (tertiary/aromatic N) is 2. The van der Waals surface area contributed by atoms with Crippen molar-refractivity contribution in [2.45, 2.75) is 54.0 Å². The Balaban J connectivity index is 1.70. The van der Waals surface area contributed by atoms with Crippen molar-refractivity contribution in [2.24, 2.45) is 0 Å². The van der Waals surface area contributed by atoms with Crippen molar-refractivity contribution >= 4 is 30.2 Å². The van der Waals surface area contributed by atoms with Crippen LogP contribution >= 0.6 is 0 Å². The normalized spacial score (nSPS) is 18.9. The Bertz CT molecular complexity index is 1700. The van der Waals surface area contributed by atoms with Gasteiger partial charge in [-0.1, -0.05) is 41.5 Å². The van der Waals surface area contributed by atoms with Crippen molar-refractivity contribution in [3.63, 3.8) is 0 Å². The third kappa shape index (κ3) is 6.30. The van der Waals surface area contributed by atoms with E-state index in [0.717, 1.165) is 19.7 Å². The summed E-state index contributed by atoms with van der Waals surface area (Å²) in [4.78, 5) is -0.303. The highest BCUT2D eigenvalue weighted by Gasteiger charge is 2.45. The number of hydrogen-bond acceptors (Lipinski definition) is 7. The maximum Gasteiger partial charge on any atom is 0.294 e. The van der Waals surface area contributed by atoms with Crippen LogP contribution in [-0.4, -0.2) is 75.3 Å². The second kappa shape index (κ2) is 11.3. The Labute approximate surface area is 235 Å². The average molecular weight is 609 g/mol. The Kier molecular flexibility index (Phi) is 8.58. The van der Waals surface area contributed by atoms with Crippen molar-refractivity contribution < 1.29 is 34.9 Å². The van der Waals surface area contributed by atoms with Gasteiger partial charge in [-0.2, -0.15) is 17.0 Å². The van der Waals surface area contributed by atoms with E-state index >= 15 is 0 Å². The Morgan fingerprint density at radius 1 is 0.775 bits per heavy atom. The molecule has 40 heavy (non-hydrogen) atoms. The maximum atomic E-state index is 13.9. The SMILES string of the molecule is Cc1ccc(S(=O)(=O)N2C[C@H](O)[C@@H](N(CCc3cc(S(=O)(=O)O)ccc3C)S(=O)(=O)c3ccc(C)cc3)C2)cc1. The number of aliphatic hydroxyl groups is 1. The van der Waals surface area contributed by atoms with Gasteiger partial charge >= 0.3 is 0 Å². The summed E-state index contributed by atoms with van der Waals surface area (Å²) in [6.45, 7) is 4.62. The van der Waals surface area contributed by atoms with Crippen molar-refractivity contribution in [1.82, 2.24) is 8.61 Å². The molecule has 216 valence electrons. The van der Waals surface area contributed by atoms with Crippen molar-refractivity contribution in [3.05, 3.63) is 89.0 Å². The minimum absolute atomic E-state index is 0.0199. The second-order valence-corrected chi connectivity index (χ2v) is 15.3. The highest BCUT2D eigenvalue weighted by Crippen LogP contribution is 2.29. The zero-order chi connectivity index (χ0) is 29.5. The predicted octanol–water partition coefficient (Wildman–Crippen LogP) is 2.53. The Hall–Kier alpha value is -2.65. The first-order chi connectivity index (χ1) is 18.6. The summed E-state index contributed by atoms with van der Waals surface area (Å²) in [5, 5.41) is 11.0. The zero-order valence-corrected chi connectivity index (χ0v) is 24.7. The number of hydrogen-bond donors (Lipinski definition) is 2. The smallest absolute Gasteiger partial charge is 0.294 e. The van der Waals surface area contributed by atoms with Gasteiger partial charge in [-0.15, -0.1) is 0 Å². The maximum absolute atomic E-state index is 13.9. The molecule has 0 unspecified atom stereocenters. The topological polar surface area (TPSA) is 149 Å². The fourth-order valence-electron chi connectivity index (χ4n) is 4.69. The molecule has 1 heterocycles. The molecule has 10 nitrogen and oxygen atoms in total. The molecule has 0 bridgehead atoms. The molecular formula is C27H32N2O8S3. The van der Waals surface area contributed by atoms with Crippen LogP contribution in [0.25, 0.3) is 0 Å². The molecule has 0 amide bonds. The molecular weight excluding hydrogens is 577 g/mol. The average Bonchev–Trinajstić information content (AvgIpc) is 3.27. The number of β-amino-alcohol motifs (C(OH)–C–C–N with tert-alkyl or cyclic N) is 1. The minimum atomic E-state index is -4.48. The summed E-state index contributed by atoms with van der Waals surface area (Å²) in [5.74, 6) is 0. The lowest BCUT2D eigenvalue weighted by Gasteiger charge is -2.30. The van der Waals surface area contributed by atoms with Crippen LogP contribution in [0.2, 0.25) is 0 Å². The fraction of sp³-hybridized carbons (Fsp3) is 0.333. The number of sulfonamides is 2. The van der Waals surface area contributed by atoms with Crippen molar-refractivity contribution in [1.29, 1.82) is 0 Å². The van der Waals surface area contributed by atoms with Gasteiger partial charge in [-0.25, -0.2) is 16.8 Å². The van der Waals surface area contributed by atoms with E-state index < -0.39 is 42.3 Å². The number of rotatable bonds is 9. The summed E-state index contributed by atoms with van der Waals surface area (Å²) in [5.41, 5.74) is 2.88. The monoisotopic (exact) mass is 608 g/mol. The van der Waals surface area contributed by atoms with Gasteiger partial charge in [0.15, 0.2) is 0 Å². The van der Waals surface area contributed by atoms with Crippen LogP contribution in [0.15, 0.2) is 81.4 Å². The van der Waals surface area contributed by atoms with Gasteiger partial charge in [0, 0.05) is 19.6 Å². The highest BCUT2D eigenvalue weighted by atomic mass is 32.2. The van der Waals surface area contributed by atoms with Crippen LogP contribution in [0.5, 0.6) is 0 Å². The van der Waals surface area contributed by atoms with E-state index in [1.54, 1.807) is 31.2 Å². The summed E-state index contributed by atoms with van der Waals surface area (Å²) in [6, 6.07) is 15.4. The molecule has 1 fully saturated rings. The molecule has 0 spiro atoms. The first-order valence-electron chi connectivity index (χ1n) is 12.5. The number of benzene rings is 3. The third-order valence-electron chi connectivity index (χ3n) is 7.10. The largest absolute Gasteiger partial charge is 0.390 e. The van der Waals surface area contributed by atoms with Gasteiger partial charge in [0.2, 0.25) is 20.0 Å². The predicted molar refractivity (Wildman–Crippen MR) is 150 cm³/mol.